The van der Waals surface area contributed by atoms with Crippen molar-refractivity contribution in [1.29, 1.82) is 0 Å². The van der Waals surface area contributed by atoms with Crippen LogP contribution in [0.2, 0.25) is 0 Å². The summed E-state index contributed by atoms with van der Waals surface area (Å²) in [4.78, 5) is 14.0. The number of piperidine rings is 1. The Balaban J connectivity index is 1.57. The highest BCUT2D eigenvalue weighted by atomic mass is 16.6. The molecule has 0 aliphatic carbocycles. The Labute approximate surface area is 129 Å². The molecule has 0 bridgehead atoms. The number of nitrogens with zero attached hydrogens (tertiary/aromatic N) is 3. The van der Waals surface area contributed by atoms with Crippen LogP contribution in [0.4, 0.5) is 16.4 Å². The first-order valence-electron chi connectivity index (χ1n) is 7.44. The molecule has 114 valence electrons. The normalized spacial score (nSPS) is 14.5. The molecule has 6 heteroatoms. The molecule has 1 fully saturated rings. The Bertz CT molecular complexity index is 610. The number of carbonyl (C=O) groups excluding carboxylic acids is 1. The number of para-hydroxylation sites is 1. The van der Waals surface area contributed by atoms with Crippen LogP contribution in [0.5, 0.6) is 5.75 Å². The lowest BCUT2D eigenvalue weighted by Gasteiger charge is -2.27. The molecular formula is C16H18N4O2. The highest BCUT2D eigenvalue weighted by molar-refractivity contribution is 5.85. The summed E-state index contributed by atoms with van der Waals surface area (Å²) in [5, 5.41) is 10.8. The Kier molecular flexibility index (Phi) is 4.48. The molecule has 2 heterocycles. The number of aromatic nitrogens is 2. The Hall–Kier alpha value is -2.63. The zero-order valence-corrected chi connectivity index (χ0v) is 12.2. The smallest absolute Gasteiger partial charge is 0.410 e. The second kappa shape index (κ2) is 6.89. The fourth-order valence-electron chi connectivity index (χ4n) is 2.41. The summed E-state index contributed by atoms with van der Waals surface area (Å²) in [6, 6.07) is 12.5. The lowest BCUT2D eigenvalue weighted by molar-refractivity contribution is 0.215. The van der Waals surface area contributed by atoms with E-state index in [1.807, 2.05) is 12.1 Å². The van der Waals surface area contributed by atoms with Crippen LogP contribution in [0.15, 0.2) is 42.5 Å². The van der Waals surface area contributed by atoms with Crippen molar-refractivity contribution in [3.63, 3.8) is 0 Å². The molecule has 0 atom stereocenters. The Morgan fingerprint density at radius 3 is 2.45 bits per heavy atom. The van der Waals surface area contributed by atoms with Gasteiger partial charge in [0, 0.05) is 13.1 Å². The summed E-state index contributed by atoms with van der Waals surface area (Å²) in [7, 11) is 0. The number of nitrogens with one attached hydrogen (secondary N) is 1. The monoisotopic (exact) mass is 298 g/mol. The van der Waals surface area contributed by atoms with Crippen molar-refractivity contribution in [3.05, 3.63) is 42.5 Å². The first-order chi connectivity index (χ1) is 10.8. The molecule has 1 aliphatic rings. The van der Waals surface area contributed by atoms with Crippen molar-refractivity contribution >= 4 is 17.7 Å². The molecule has 1 aliphatic heterocycles. The third-order valence-electron chi connectivity index (χ3n) is 3.51. The van der Waals surface area contributed by atoms with Crippen molar-refractivity contribution in [3.8, 4) is 5.75 Å². The van der Waals surface area contributed by atoms with Crippen LogP contribution in [-0.4, -0.2) is 29.4 Å². The highest BCUT2D eigenvalue weighted by Crippen LogP contribution is 2.17. The quantitative estimate of drug-likeness (QED) is 0.943. The van der Waals surface area contributed by atoms with Crippen LogP contribution in [0.1, 0.15) is 19.3 Å². The van der Waals surface area contributed by atoms with E-state index in [2.05, 4.69) is 20.4 Å². The first kappa shape index (κ1) is 14.3. The lowest BCUT2D eigenvalue weighted by atomic mass is 10.1. The second-order valence-electron chi connectivity index (χ2n) is 5.15. The summed E-state index contributed by atoms with van der Waals surface area (Å²) in [6.45, 7) is 2.02. The van der Waals surface area contributed by atoms with Gasteiger partial charge in [-0.3, -0.25) is 5.32 Å². The SMILES string of the molecule is O=C(Nc1ccc(N2CCCCC2)nn1)Oc1ccccc1. The summed E-state index contributed by atoms with van der Waals surface area (Å²) in [5.41, 5.74) is 0. The molecule has 1 N–H and O–H groups in total. The summed E-state index contributed by atoms with van der Waals surface area (Å²) in [5.74, 6) is 1.71. The maximum absolute atomic E-state index is 11.8. The number of carbonyl (C=O) groups is 1. The van der Waals surface area contributed by atoms with Gasteiger partial charge in [-0.25, -0.2) is 4.79 Å². The van der Waals surface area contributed by atoms with E-state index in [1.165, 1.54) is 19.3 Å². The number of anilines is 2. The van der Waals surface area contributed by atoms with Gasteiger partial charge in [-0.1, -0.05) is 18.2 Å². The molecule has 1 aromatic carbocycles. The number of amides is 1. The maximum atomic E-state index is 11.8. The van der Waals surface area contributed by atoms with Gasteiger partial charge in [-0.15, -0.1) is 10.2 Å². The van der Waals surface area contributed by atoms with E-state index in [9.17, 15) is 4.79 Å². The van der Waals surface area contributed by atoms with Crippen molar-refractivity contribution < 1.29 is 9.53 Å². The molecular weight excluding hydrogens is 280 g/mol. The Morgan fingerprint density at radius 2 is 1.77 bits per heavy atom. The summed E-state index contributed by atoms with van der Waals surface area (Å²) in [6.07, 6.45) is 3.07. The molecule has 6 nitrogen and oxygen atoms in total. The van der Waals surface area contributed by atoms with Gasteiger partial charge < -0.3 is 9.64 Å². The van der Waals surface area contributed by atoms with Crippen molar-refractivity contribution in [2.75, 3.05) is 23.3 Å². The largest absolute Gasteiger partial charge is 0.418 e. The zero-order valence-electron chi connectivity index (χ0n) is 12.2. The average Bonchev–Trinajstić information content (AvgIpc) is 2.57. The lowest BCUT2D eigenvalue weighted by Crippen LogP contribution is -2.30. The molecule has 1 aromatic heterocycles. The van der Waals surface area contributed by atoms with Crippen LogP contribution in [-0.2, 0) is 0 Å². The van der Waals surface area contributed by atoms with Gasteiger partial charge in [0.15, 0.2) is 11.6 Å². The van der Waals surface area contributed by atoms with Crippen LogP contribution in [0, 0.1) is 0 Å². The highest BCUT2D eigenvalue weighted by Gasteiger charge is 2.13. The summed E-state index contributed by atoms with van der Waals surface area (Å²) < 4.78 is 5.14. The molecule has 0 saturated carbocycles. The van der Waals surface area contributed by atoms with E-state index in [1.54, 1.807) is 30.3 Å². The van der Waals surface area contributed by atoms with Gasteiger partial charge in [0.1, 0.15) is 5.75 Å². The molecule has 0 unspecified atom stereocenters. The van der Waals surface area contributed by atoms with Crippen LogP contribution in [0.3, 0.4) is 0 Å². The topological polar surface area (TPSA) is 67.4 Å². The van der Waals surface area contributed by atoms with Crippen LogP contribution in [0.25, 0.3) is 0 Å². The average molecular weight is 298 g/mol. The maximum Gasteiger partial charge on any atom is 0.418 e. The van der Waals surface area contributed by atoms with Crippen molar-refractivity contribution in [1.82, 2.24) is 10.2 Å². The fourth-order valence-corrected chi connectivity index (χ4v) is 2.41. The van der Waals surface area contributed by atoms with Gasteiger partial charge in [0.2, 0.25) is 0 Å². The van der Waals surface area contributed by atoms with Crippen LogP contribution < -0.4 is 15.0 Å². The molecule has 0 radical (unpaired) electrons. The predicted octanol–water partition coefficient (Wildman–Crippen LogP) is 3.08. The van der Waals surface area contributed by atoms with Gasteiger partial charge in [-0.05, 0) is 43.5 Å². The van der Waals surface area contributed by atoms with E-state index in [0.29, 0.717) is 11.6 Å². The van der Waals surface area contributed by atoms with Gasteiger partial charge in [0.25, 0.3) is 0 Å². The van der Waals surface area contributed by atoms with E-state index >= 15 is 0 Å². The van der Waals surface area contributed by atoms with E-state index in [0.717, 1.165) is 18.9 Å². The minimum atomic E-state index is -0.578. The van der Waals surface area contributed by atoms with Gasteiger partial charge in [0.05, 0.1) is 0 Å². The number of hydrogen-bond acceptors (Lipinski definition) is 5. The van der Waals surface area contributed by atoms with Crippen molar-refractivity contribution in [2.24, 2.45) is 0 Å². The van der Waals surface area contributed by atoms with E-state index in [4.69, 9.17) is 4.74 Å². The molecule has 0 spiro atoms. The van der Waals surface area contributed by atoms with Crippen LogP contribution >= 0.6 is 0 Å². The third kappa shape index (κ3) is 3.72. The van der Waals surface area contributed by atoms with Gasteiger partial charge >= 0.3 is 6.09 Å². The molecule has 1 amide bonds. The number of benzene rings is 1. The minimum absolute atomic E-state index is 0.377. The predicted molar refractivity (Wildman–Crippen MR) is 84.2 cm³/mol. The zero-order chi connectivity index (χ0) is 15.2. The van der Waals surface area contributed by atoms with E-state index < -0.39 is 6.09 Å². The first-order valence-corrected chi connectivity index (χ1v) is 7.44. The number of ether oxygens (including phenoxy) is 1. The molecule has 22 heavy (non-hydrogen) atoms. The molecule has 3 rings (SSSR count). The standard InChI is InChI=1S/C16H18N4O2/c21-16(22-13-7-3-1-4-8-13)17-14-9-10-15(19-18-14)20-11-5-2-6-12-20/h1,3-4,7-10H,2,5-6,11-12H2,(H,17,18,21). The van der Waals surface area contributed by atoms with Crippen molar-refractivity contribution in [2.45, 2.75) is 19.3 Å². The number of hydrogen-bond donors (Lipinski definition) is 1. The van der Waals surface area contributed by atoms with Gasteiger partial charge in [-0.2, -0.15) is 0 Å². The molecule has 1 saturated heterocycles. The second-order valence-corrected chi connectivity index (χ2v) is 5.15. The number of rotatable bonds is 3. The third-order valence-corrected chi connectivity index (χ3v) is 3.51. The fraction of sp³-hybridized carbons (Fsp3) is 0.312. The minimum Gasteiger partial charge on any atom is -0.410 e. The Morgan fingerprint density at radius 1 is 1.00 bits per heavy atom. The van der Waals surface area contributed by atoms with E-state index in [-0.39, 0.29) is 0 Å². The summed E-state index contributed by atoms with van der Waals surface area (Å²) >= 11 is 0. The molecule has 2 aromatic rings.